The van der Waals surface area contributed by atoms with Crippen molar-refractivity contribution in [1.82, 2.24) is 4.72 Å². The monoisotopic (exact) mass is 462 g/mol. The lowest BCUT2D eigenvalue weighted by atomic mass is 10.2. The third kappa shape index (κ3) is 5.97. The molecule has 0 aliphatic heterocycles. The number of hydrogen-bond acceptors (Lipinski definition) is 6. The van der Waals surface area contributed by atoms with Gasteiger partial charge in [0.05, 0.1) is 16.1 Å². The van der Waals surface area contributed by atoms with E-state index in [-0.39, 0.29) is 22.7 Å². The van der Waals surface area contributed by atoms with Gasteiger partial charge in [0.15, 0.2) is 6.10 Å². The smallest absolute Gasteiger partial charge is 0.338 e. The van der Waals surface area contributed by atoms with Crippen LogP contribution in [0.25, 0.3) is 0 Å². The van der Waals surface area contributed by atoms with Gasteiger partial charge in [-0.3, -0.25) is 4.79 Å². The summed E-state index contributed by atoms with van der Waals surface area (Å²) >= 11 is 1.42. The molecule has 2 N–H and O–H groups in total. The zero-order valence-electron chi connectivity index (χ0n) is 16.4. The first-order chi connectivity index (χ1) is 14.8. The number of rotatable bonds is 8. The van der Waals surface area contributed by atoms with Crippen molar-refractivity contribution in [3.05, 3.63) is 82.3 Å². The second kappa shape index (κ2) is 9.82. The Bertz CT molecular complexity index is 1180. The molecule has 0 fully saturated rings. The molecular weight excluding hydrogens is 443 g/mol. The van der Waals surface area contributed by atoms with E-state index in [4.69, 9.17) is 4.74 Å². The van der Waals surface area contributed by atoms with Gasteiger partial charge in [-0.2, -0.15) is 0 Å². The number of carbonyl (C=O) groups excluding carboxylic acids is 2. The Morgan fingerprint density at radius 3 is 2.58 bits per heavy atom. The standard InChI is InChI=1S/C21H19FN2O5S2/c1-14(20(25)24-19-10-3-2-9-18(19)22)29-21(26)15-6-4-8-17(12-15)31(27,28)23-13-16-7-5-11-30-16/h2-12,14,23H,13H2,1H3,(H,24,25). The minimum absolute atomic E-state index is 0.0375. The molecule has 0 spiro atoms. The molecule has 162 valence electrons. The Balaban J connectivity index is 1.65. The molecular formula is C21H19FN2O5S2. The van der Waals surface area contributed by atoms with E-state index in [2.05, 4.69) is 10.0 Å². The average Bonchev–Trinajstić information content (AvgIpc) is 3.28. The first-order valence-corrected chi connectivity index (χ1v) is 11.5. The number of para-hydroxylation sites is 1. The van der Waals surface area contributed by atoms with Crippen molar-refractivity contribution in [3.8, 4) is 0 Å². The lowest BCUT2D eigenvalue weighted by Gasteiger charge is -2.14. The highest BCUT2D eigenvalue weighted by Gasteiger charge is 2.22. The third-order valence-corrected chi connectivity index (χ3v) is 6.46. The van der Waals surface area contributed by atoms with Crippen molar-refractivity contribution in [2.24, 2.45) is 0 Å². The summed E-state index contributed by atoms with van der Waals surface area (Å²) in [6.45, 7) is 1.46. The largest absolute Gasteiger partial charge is 0.449 e. The Morgan fingerprint density at radius 2 is 1.87 bits per heavy atom. The van der Waals surface area contributed by atoms with Gasteiger partial charge in [-0.05, 0) is 48.7 Å². The number of anilines is 1. The van der Waals surface area contributed by atoms with Gasteiger partial charge in [-0.15, -0.1) is 11.3 Å². The van der Waals surface area contributed by atoms with Gasteiger partial charge >= 0.3 is 5.97 Å². The lowest BCUT2D eigenvalue weighted by Crippen LogP contribution is -2.30. The maximum atomic E-state index is 13.7. The van der Waals surface area contributed by atoms with Crippen molar-refractivity contribution in [2.75, 3.05) is 5.32 Å². The lowest BCUT2D eigenvalue weighted by molar-refractivity contribution is -0.123. The number of benzene rings is 2. The number of halogens is 1. The van der Waals surface area contributed by atoms with Crippen molar-refractivity contribution in [3.63, 3.8) is 0 Å². The van der Waals surface area contributed by atoms with Crippen LogP contribution in [0.15, 0.2) is 70.9 Å². The maximum Gasteiger partial charge on any atom is 0.338 e. The third-order valence-electron chi connectivity index (χ3n) is 4.18. The quantitative estimate of drug-likeness (QED) is 0.499. The number of sulfonamides is 1. The van der Waals surface area contributed by atoms with E-state index in [0.717, 1.165) is 4.88 Å². The summed E-state index contributed by atoms with van der Waals surface area (Å²) in [6, 6.07) is 14.5. The number of amides is 1. The molecule has 10 heteroatoms. The van der Waals surface area contributed by atoms with Crippen LogP contribution in [0.2, 0.25) is 0 Å². The first-order valence-electron chi connectivity index (χ1n) is 9.15. The SMILES string of the molecule is CC(OC(=O)c1cccc(S(=O)(=O)NCc2cccs2)c1)C(=O)Nc1ccccc1F. The van der Waals surface area contributed by atoms with Crippen LogP contribution in [0, 0.1) is 5.82 Å². The first kappa shape index (κ1) is 22.6. The zero-order valence-corrected chi connectivity index (χ0v) is 18.0. The van der Waals surface area contributed by atoms with Crippen LogP contribution in [0.3, 0.4) is 0 Å². The molecule has 3 aromatic rings. The molecule has 31 heavy (non-hydrogen) atoms. The fourth-order valence-electron chi connectivity index (χ4n) is 2.53. The number of ether oxygens (including phenoxy) is 1. The van der Waals surface area contributed by atoms with Crippen LogP contribution < -0.4 is 10.0 Å². The molecule has 1 aromatic heterocycles. The van der Waals surface area contributed by atoms with E-state index < -0.39 is 33.8 Å². The normalized spacial score (nSPS) is 12.2. The van der Waals surface area contributed by atoms with E-state index in [1.165, 1.54) is 60.7 Å². The van der Waals surface area contributed by atoms with E-state index in [0.29, 0.717) is 0 Å². The van der Waals surface area contributed by atoms with E-state index in [9.17, 15) is 22.4 Å². The Kier molecular flexibility index (Phi) is 7.16. The predicted octanol–water partition coefficient (Wildman–Crippen LogP) is 3.55. The number of carbonyl (C=O) groups is 2. The summed E-state index contributed by atoms with van der Waals surface area (Å²) in [5.74, 6) is -2.23. The summed E-state index contributed by atoms with van der Waals surface area (Å²) in [4.78, 5) is 25.3. The second-order valence-electron chi connectivity index (χ2n) is 6.45. The highest BCUT2D eigenvalue weighted by atomic mass is 32.2. The van der Waals surface area contributed by atoms with Gasteiger partial charge in [0.1, 0.15) is 5.82 Å². The zero-order chi connectivity index (χ0) is 22.4. The second-order valence-corrected chi connectivity index (χ2v) is 9.25. The summed E-state index contributed by atoms with van der Waals surface area (Å²) in [5.41, 5.74) is -0.0788. The Labute approximate surface area is 182 Å². The van der Waals surface area contributed by atoms with Gasteiger partial charge in [0, 0.05) is 11.4 Å². The molecule has 0 saturated heterocycles. The van der Waals surface area contributed by atoms with Gasteiger partial charge < -0.3 is 10.1 Å². The maximum absolute atomic E-state index is 13.7. The van der Waals surface area contributed by atoms with E-state index >= 15 is 0 Å². The van der Waals surface area contributed by atoms with Crippen LogP contribution in [0.5, 0.6) is 0 Å². The number of thiophene rings is 1. The van der Waals surface area contributed by atoms with Crippen molar-refractivity contribution >= 4 is 38.9 Å². The predicted molar refractivity (Wildman–Crippen MR) is 115 cm³/mol. The van der Waals surface area contributed by atoms with Gasteiger partial charge in [0.25, 0.3) is 5.91 Å². The molecule has 7 nitrogen and oxygen atoms in total. The minimum atomic E-state index is -3.85. The fraction of sp³-hybridized carbons (Fsp3) is 0.143. The molecule has 1 amide bonds. The molecule has 0 radical (unpaired) electrons. The van der Waals surface area contributed by atoms with Gasteiger partial charge in [-0.1, -0.05) is 24.3 Å². The van der Waals surface area contributed by atoms with Crippen molar-refractivity contribution in [2.45, 2.75) is 24.5 Å². The highest BCUT2D eigenvalue weighted by Crippen LogP contribution is 2.16. The Morgan fingerprint density at radius 1 is 1.10 bits per heavy atom. The van der Waals surface area contributed by atoms with Crippen molar-refractivity contribution < 1.29 is 27.1 Å². The average molecular weight is 463 g/mol. The molecule has 1 heterocycles. The highest BCUT2D eigenvalue weighted by molar-refractivity contribution is 7.89. The molecule has 0 saturated carbocycles. The number of esters is 1. The minimum Gasteiger partial charge on any atom is -0.449 e. The molecule has 2 aromatic carbocycles. The van der Waals surface area contributed by atoms with Crippen LogP contribution in [0.4, 0.5) is 10.1 Å². The molecule has 0 aliphatic rings. The summed E-state index contributed by atoms with van der Waals surface area (Å²) in [5, 5.41) is 4.17. The van der Waals surface area contributed by atoms with Crippen LogP contribution >= 0.6 is 11.3 Å². The fourth-order valence-corrected chi connectivity index (χ4v) is 4.32. The van der Waals surface area contributed by atoms with Crippen LogP contribution in [-0.2, 0) is 26.1 Å². The topological polar surface area (TPSA) is 102 Å². The van der Waals surface area contributed by atoms with Crippen LogP contribution in [0.1, 0.15) is 22.2 Å². The van der Waals surface area contributed by atoms with Gasteiger partial charge in [0.2, 0.25) is 10.0 Å². The van der Waals surface area contributed by atoms with E-state index in [1.54, 1.807) is 12.1 Å². The molecule has 1 unspecified atom stereocenters. The van der Waals surface area contributed by atoms with Crippen LogP contribution in [-0.4, -0.2) is 26.4 Å². The summed E-state index contributed by atoms with van der Waals surface area (Å²) in [7, 11) is -3.85. The molecule has 0 bridgehead atoms. The molecule has 0 aliphatic carbocycles. The number of nitrogens with one attached hydrogen (secondary N) is 2. The van der Waals surface area contributed by atoms with Crippen molar-refractivity contribution in [1.29, 1.82) is 0 Å². The van der Waals surface area contributed by atoms with Gasteiger partial charge in [-0.25, -0.2) is 22.3 Å². The summed E-state index contributed by atoms with van der Waals surface area (Å²) in [6.07, 6.45) is -1.23. The summed E-state index contributed by atoms with van der Waals surface area (Å²) < 4.78 is 46.3. The Hall–Kier alpha value is -3.08. The van der Waals surface area contributed by atoms with E-state index in [1.807, 2.05) is 11.4 Å². The molecule has 3 rings (SSSR count). The molecule has 1 atom stereocenters. The number of hydrogen-bond donors (Lipinski definition) is 2.